The van der Waals surface area contributed by atoms with E-state index in [1.54, 1.807) is 26.4 Å². The first kappa shape index (κ1) is 55.0. The molecule has 1 fully saturated rings. The summed E-state index contributed by atoms with van der Waals surface area (Å²) < 4.78 is 49.4. The van der Waals surface area contributed by atoms with Crippen LogP contribution in [0.1, 0.15) is 86.0 Å². The van der Waals surface area contributed by atoms with Gasteiger partial charge in [0.05, 0.1) is 26.2 Å². The Morgan fingerprint density at radius 3 is 2.14 bits per heavy atom. The van der Waals surface area contributed by atoms with Crippen LogP contribution in [-0.2, 0) is 47.2 Å². The molecule has 0 radical (unpaired) electrons. The minimum absolute atomic E-state index is 0.00338. The van der Waals surface area contributed by atoms with Crippen LogP contribution in [0, 0.1) is 35.0 Å². The monoisotopic (exact) mass is 995 g/mol. The molecule has 1 saturated carbocycles. The number of carbonyl (C=O) groups is 2. The van der Waals surface area contributed by atoms with E-state index in [1.165, 1.54) is 15.6 Å². The number of rotatable bonds is 24. The predicted molar refractivity (Wildman–Crippen MR) is 283 cm³/mol. The molecule has 2 aromatic carbocycles. The molecule has 1 aliphatic heterocycles. The molecule has 70 heavy (non-hydrogen) atoms. The largest absolute Gasteiger partial charge is 0.480 e. The Bertz CT molecular complexity index is 2180. The molecular weight excluding hydrogens is 913 g/mol. The van der Waals surface area contributed by atoms with E-state index in [2.05, 4.69) is 152 Å². The van der Waals surface area contributed by atoms with Crippen LogP contribution in [0.3, 0.4) is 0 Å². The van der Waals surface area contributed by atoms with Gasteiger partial charge in [0.15, 0.2) is 18.2 Å². The van der Waals surface area contributed by atoms with Gasteiger partial charge in [-0.2, -0.15) is 0 Å². The minimum atomic E-state index is -2.88. The van der Waals surface area contributed by atoms with Crippen LogP contribution < -0.4 is 10.4 Å². The number of esters is 2. The standard InChI is InChI=1S/C58H82O10Si2/c1-13-34-63-52-53(66-41-62-9)58(68-54(52)59)38-42(3)43(39-67-70(56(4,5)6,46-28-21-17-22-29-46)47-30-23-18-24-31-47)36-45(58)27-20-16-15-19-26-44-37-50(69(10,11)12)51-48(32-25-33-49(51)65-40-61-8)57(44,7)55(60)64-35-14-2/h13-14,17-18,20-24,27-31,36-37,42,44-45,48-49,51H,1-2,15-16,19,25-26,32-35,38-41H2,3-12H3/b27-20+/t42-,44-,45-,48-,49+,51+,57-,58+/m1/s1. The number of hydrogen-bond donors (Lipinski definition) is 0. The molecule has 0 bridgehead atoms. The Hall–Kier alpha value is -4.31. The van der Waals surface area contributed by atoms with Gasteiger partial charge in [-0.05, 0) is 77.8 Å². The summed E-state index contributed by atoms with van der Waals surface area (Å²) in [6.45, 7) is 26.9. The maximum Gasteiger partial charge on any atom is 0.378 e. The number of allylic oxidation sites excluding steroid dienone is 2. The number of benzene rings is 2. The number of methoxy groups -OCH3 is 2. The summed E-state index contributed by atoms with van der Waals surface area (Å²) in [5, 5.41) is 3.72. The van der Waals surface area contributed by atoms with Gasteiger partial charge in [0.2, 0.25) is 5.76 Å². The first-order valence-corrected chi connectivity index (χ1v) is 30.9. The molecule has 10 nitrogen and oxygen atoms in total. The van der Waals surface area contributed by atoms with Crippen LogP contribution in [0.2, 0.25) is 24.7 Å². The molecule has 382 valence electrons. The molecule has 0 saturated heterocycles. The Balaban J connectivity index is 1.32. The van der Waals surface area contributed by atoms with Crippen LogP contribution >= 0.6 is 0 Å². The molecule has 1 heterocycles. The van der Waals surface area contributed by atoms with Gasteiger partial charge >= 0.3 is 11.9 Å². The molecular formula is C58H82O10Si2. The maximum absolute atomic E-state index is 14.3. The summed E-state index contributed by atoms with van der Waals surface area (Å²) in [6.07, 6.45) is 19.1. The average molecular weight is 995 g/mol. The molecule has 12 heteroatoms. The van der Waals surface area contributed by atoms with E-state index >= 15 is 0 Å². The summed E-state index contributed by atoms with van der Waals surface area (Å²) in [6, 6.07) is 21.4. The second kappa shape index (κ2) is 23.9. The lowest BCUT2D eigenvalue weighted by atomic mass is 9.54. The van der Waals surface area contributed by atoms with Gasteiger partial charge in [0.25, 0.3) is 8.32 Å². The van der Waals surface area contributed by atoms with Crippen molar-refractivity contribution in [2.75, 3.05) is 47.6 Å². The third-order valence-electron chi connectivity index (χ3n) is 15.4. The van der Waals surface area contributed by atoms with Gasteiger partial charge in [0, 0.05) is 32.5 Å². The van der Waals surface area contributed by atoms with Crippen molar-refractivity contribution in [1.82, 2.24) is 0 Å². The fourth-order valence-electron chi connectivity index (χ4n) is 12.0. The van der Waals surface area contributed by atoms with Gasteiger partial charge < -0.3 is 37.6 Å². The number of hydrogen-bond acceptors (Lipinski definition) is 10. The predicted octanol–water partition coefficient (Wildman–Crippen LogP) is 11.2. The number of unbranched alkanes of at least 4 members (excludes halogenated alkanes) is 2. The number of carbonyl (C=O) groups excluding carboxylic acids is 2. The van der Waals surface area contributed by atoms with Gasteiger partial charge in [-0.25, -0.2) is 4.79 Å². The normalized spacial score (nSPS) is 27.1. The summed E-state index contributed by atoms with van der Waals surface area (Å²) >= 11 is 0. The van der Waals surface area contributed by atoms with Gasteiger partial charge in [-0.3, -0.25) is 4.79 Å². The van der Waals surface area contributed by atoms with Crippen molar-refractivity contribution >= 4 is 38.7 Å². The Morgan fingerprint density at radius 1 is 0.886 bits per heavy atom. The van der Waals surface area contributed by atoms with Crippen molar-refractivity contribution in [2.24, 2.45) is 35.0 Å². The SMILES string of the molecule is C=CCOC(=O)[C@@]1(C)[C@@H]2CCC[C@H](OCOC)[C@H]2C([Si](C)(C)C)=C[C@H]1CCCC/C=C/[C@@H]1C=C(CO[Si](c2ccccc2)(c2ccccc2)C(C)(C)C)[C@H](C)C[C@]12OC(=O)C(OCC=C)=C2OCOC. The lowest BCUT2D eigenvalue weighted by Crippen LogP contribution is -2.66. The molecule has 2 aromatic rings. The fourth-order valence-corrected chi connectivity index (χ4v) is 18.7. The molecule has 1 spiro atoms. The van der Waals surface area contributed by atoms with E-state index < -0.39 is 39.3 Å². The van der Waals surface area contributed by atoms with Crippen LogP contribution in [0.4, 0.5) is 0 Å². The smallest absolute Gasteiger partial charge is 0.378 e. The van der Waals surface area contributed by atoms with E-state index in [0.717, 1.165) is 50.5 Å². The Labute approximate surface area is 421 Å². The third-order valence-corrected chi connectivity index (χ3v) is 22.6. The van der Waals surface area contributed by atoms with Crippen molar-refractivity contribution < 1.29 is 47.2 Å². The molecule has 0 unspecified atom stereocenters. The van der Waals surface area contributed by atoms with Crippen molar-refractivity contribution in [2.45, 2.75) is 122 Å². The van der Waals surface area contributed by atoms with E-state index in [4.69, 9.17) is 37.6 Å². The maximum atomic E-state index is 14.3. The lowest BCUT2D eigenvalue weighted by Gasteiger charge is -2.54. The van der Waals surface area contributed by atoms with Crippen molar-refractivity contribution in [1.29, 1.82) is 0 Å². The Kier molecular flexibility index (Phi) is 18.8. The van der Waals surface area contributed by atoms with Crippen LogP contribution in [0.25, 0.3) is 0 Å². The molecule has 8 atom stereocenters. The Morgan fingerprint density at radius 2 is 1.54 bits per heavy atom. The zero-order chi connectivity index (χ0) is 50.7. The highest BCUT2D eigenvalue weighted by Crippen LogP contribution is 2.57. The molecule has 3 aliphatic carbocycles. The zero-order valence-corrected chi connectivity index (χ0v) is 45.9. The summed E-state index contributed by atoms with van der Waals surface area (Å²) in [4.78, 5) is 28.2. The highest BCUT2D eigenvalue weighted by molar-refractivity contribution is 6.99. The molecule has 0 N–H and O–H groups in total. The topological polar surface area (TPSA) is 108 Å². The lowest BCUT2D eigenvalue weighted by molar-refractivity contribution is -0.170. The second-order valence-electron chi connectivity index (χ2n) is 21.9. The van der Waals surface area contributed by atoms with Crippen molar-refractivity contribution in [3.8, 4) is 0 Å². The van der Waals surface area contributed by atoms with Gasteiger partial charge in [0.1, 0.15) is 20.0 Å². The molecule has 4 aliphatic rings. The average Bonchev–Trinajstić information content (AvgIpc) is 3.59. The van der Waals surface area contributed by atoms with Crippen molar-refractivity contribution in [3.05, 3.63) is 133 Å². The van der Waals surface area contributed by atoms with Crippen LogP contribution in [-0.4, -0.2) is 87.7 Å². The summed E-state index contributed by atoms with van der Waals surface area (Å²) in [5.74, 6) is -0.512. The van der Waals surface area contributed by atoms with E-state index in [0.29, 0.717) is 18.8 Å². The first-order valence-electron chi connectivity index (χ1n) is 25.5. The fraction of sp³-hybridized carbons (Fsp3) is 0.552. The molecule has 6 rings (SSSR count). The van der Waals surface area contributed by atoms with E-state index in [-0.39, 0.29) is 73.3 Å². The summed E-state index contributed by atoms with van der Waals surface area (Å²) in [7, 11) is -1.49. The zero-order valence-electron chi connectivity index (χ0n) is 43.9. The highest BCUT2D eigenvalue weighted by atomic mass is 28.4. The third kappa shape index (κ3) is 11.5. The van der Waals surface area contributed by atoms with Gasteiger partial charge in [-0.1, -0.05) is 176 Å². The quantitative estimate of drug-likeness (QED) is 0.0332. The highest BCUT2D eigenvalue weighted by Gasteiger charge is 2.59. The van der Waals surface area contributed by atoms with E-state index in [1.807, 2.05) is 0 Å². The molecule has 0 amide bonds. The van der Waals surface area contributed by atoms with Crippen LogP contribution in [0.15, 0.2) is 133 Å². The minimum Gasteiger partial charge on any atom is -0.480 e. The second-order valence-corrected chi connectivity index (χ2v) is 31.3. The van der Waals surface area contributed by atoms with Crippen LogP contribution in [0.5, 0.6) is 0 Å². The summed E-state index contributed by atoms with van der Waals surface area (Å²) in [5.41, 5.74) is -0.748. The number of ether oxygens (including phenoxy) is 7. The van der Waals surface area contributed by atoms with Crippen molar-refractivity contribution in [3.63, 3.8) is 0 Å². The van der Waals surface area contributed by atoms with Gasteiger partial charge in [-0.15, -0.1) is 0 Å². The number of fused-ring (bicyclic) bond motifs is 1. The molecule has 0 aromatic heterocycles. The first-order chi connectivity index (χ1) is 33.4. The van der Waals surface area contributed by atoms with E-state index in [9.17, 15) is 9.59 Å².